The van der Waals surface area contributed by atoms with Crippen molar-refractivity contribution in [2.75, 3.05) is 0 Å². The first-order valence-electron chi connectivity index (χ1n) is 9.44. The first-order chi connectivity index (χ1) is 11.7. The highest BCUT2D eigenvalue weighted by Gasteiger charge is 2.37. The smallest absolute Gasteiger partial charge is 0.252 e. The SMILES string of the molecule is CC(C)[C@@H]1CC[C@H](C)c2c1nn(C(=O)C(C)(C)C)c2-c1ccccc1. The van der Waals surface area contributed by atoms with Crippen LogP contribution in [0.3, 0.4) is 0 Å². The molecule has 3 rings (SSSR count). The van der Waals surface area contributed by atoms with Crippen LogP contribution in [0.15, 0.2) is 30.3 Å². The largest absolute Gasteiger partial charge is 0.272 e. The number of aromatic nitrogens is 2. The van der Waals surface area contributed by atoms with E-state index in [1.54, 1.807) is 4.68 Å². The Labute approximate surface area is 151 Å². The molecule has 0 unspecified atom stereocenters. The van der Waals surface area contributed by atoms with Gasteiger partial charge in [-0.1, -0.05) is 71.9 Å². The van der Waals surface area contributed by atoms with Gasteiger partial charge in [-0.25, -0.2) is 0 Å². The summed E-state index contributed by atoms with van der Waals surface area (Å²) >= 11 is 0. The Morgan fingerprint density at radius 1 is 1.16 bits per heavy atom. The minimum absolute atomic E-state index is 0.0652. The van der Waals surface area contributed by atoms with Crippen molar-refractivity contribution >= 4 is 5.91 Å². The van der Waals surface area contributed by atoms with Crippen LogP contribution in [-0.4, -0.2) is 15.7 Å². The average molecular weight is 338 g/mol. The fourth-order valence-electron chi connectivity index (χ4n) is 3.90. The number of hydrogen-bond donors (Lipinski definition) is 0. The first kappa shape index (κ1) is 17.9. The Hall–Kier alpha value is -1.90. The fraction of sp³-hybridized carbons (Fsp3) is 0.545. The summed E-state index contributed by atoms with van der Waals surface area (Å²) in [5.41, 5.74) is 4.06. The van der Waals surface area contributed by atoms with Gasteiger partial charge in [0.15, 0.2) is 0 Å². The van der Waals surface area contributed by atoms with Crippen LogP contribution in [-0.2, 0) is 0 Å². The average Bonchev–Trinajstić information content (AvgIpc) is 2.95. The van der Waals surface area contributed by atoms with E-state index in [-0.39, 0.29) is 5.91 Å². The maximum Gasteiger partial charge on any atom is 0.252 e. The molecule has 0 saturated carbocycles. The van der Waals surface area contributed by atoms with Gasteiger partial charge in [0, 0.05) is 22.5 Å². The number of hydrogen-bond acceptors (Lipinski definition) is 2. The standard InChI is InChI=1S/C22H30N2O/c1-14(2)17-13-12-15(3)18-19(17)23-24(21(25)22(4,5)6)20(18)16-10-8-7-9-11-16/h7-11,14-15,17H,12-13H2,1-6H3/t15-,17-/m0/s1. The molecule has 134 valence electrons. The lowest BCUT2D eigenvalue weighted by Gasteiger charge is -2.28. The molecule has 1 aromatic heterocycles. The van der Waals surface area contributed by atoms with Gasteiger partial charge in [0.25, 0.3) is 5.91 Å². The Morgan fingerprint density at radius 2 is 1.80 bits per heavy atom. The second-order valence-electron chi connectivity index (χ2n) is 8.81. The van der Waals surface area contributed by atoms with Crippen molar-refractivity contribution in [2.24, 2.45) is 11.3 Å². The summed E-state index contributed by atoms with van der Waals surface area (Å²) < 4.78 is 1.71. The molecule has 1 aromatic carbocycles. The predicted molar refractivity (Wildman–Crippen MR) is 103 cm³/mol. The van der Waals surface area contributed by atoms with E-state index in [0.717, 1.165) is 29.8 Å². The number of benzene rings is 1. The third-order valence-corrected chi connectivity index (χ3v) is 5.39. The summed E-state index contributed by atoms with van der Waals surface area (Å²) in [6.45, 7) is 12.7. The second-order valence-corrected chi connectivity index (χ2v) is 8.81. The van der Waals surface area contributed by atoms with Gasteiger partial charge in [-0.3, -0.25) is 4.79 Å². The Kier molecular flexibility index (Phi) is 4.61. The topological polar surface area (TPSA) is 34.9 Å². The molecule has 0 amide bonds. The zero-order valence-electron chi connectivity index (χ0n) is 16.3. The van der Waals surface area contributed by atoms with Crippen molar-refractivity contribution in [3.63, 3.8) is 0 Å². The third-order valence-electron chi connectivity index (χ3n) is 5.39. The highest BCUT2D eigenvalue weighted by Crippen LogP contribution is 2.46. The van der Waals surface area contributed by atoms with E-state index in [4.69, 9.17) is 5.10 Å². The van der Waals surface area contributed by atoms with E-state index in [2.05, 4.69) is 32.9 Å². The molecule has 2 atom stereocenters. The van der Waals surface area contributed by atoms with Crippen molar-refractivity contribution in [1.29, 1.82) is 0 Å². The van der Waals surface area contributed by atoms with Gasteiger partial charge >= 0.3 is 0 Å². The molecular formula is C22H30N2O. The Balaban J connectivity index is 2.29. The van der Waals surface area contributed by atoms with Crippen LogP contribution in [0.4, 0.5) is 0 Å². The Bertz CT molecular complexity index is 765. The van der Waals surface area contributed by atoms with Crippen LogP contribution >= 0.6 is 0 Å². The summed E-state index contributed by atoms with van der Waals surface area (Å²) in [7, 11) is 0. The minimum Gasteiger partial charge on any atom is -0.272 e. The molecule has 0 saturated heterocycles. The van der Waals surface area contributed by atoms with Crippen LogP contribution in [0.2, 0.25) is 0 Å². The normalized spacial score (nSPS) is 20.6. The summed E-state index contributed by atoms with van der Waals surface area (Å²) in [5, 5.41) is 4.91. The molecule has 0 radical (unpaired) electrons. The van der Waals surface area contributed by atoms with E-state index in [9.17, 15) is 4.79 Å². The monoisotopic (exact) mass is 338 g/mol. The lowest BCUT2D eigenvalue weighted by atomic mass is 9.75. The van der Waals surface area contributed by atoms with Gasteiger partial charge in [-0.15, -0.1) is 0 Å². The van der Waals surface area contributed by atoms with Gasteiger partial charge in [-0.05, 0) is 24.7 Å². The quantitative estimate of drug-likeness (QED) is 0.686. The molecule has 0 fully saturated rings. The molecule has 3 heteroatoms. The van der Waals surface area contributed by atoms with Gasteiger partial charge in [0.05, 0.1) is 11.4 Å². The van der Waals surface area contributed by atoms with E-state index >= 15 is 0 Å². The molecule has 0 bridgehead atoms. The highest BCUT2D eigenvalue weighted by molar-refractivity contribution is 5.88. The van der Waals surface area contributed by atoms with Gasteiger partial charge in [0.1, 0.15) is 0 Å². The van der Waals surface area contributed by atoms with Crippen LogP contribution in [0.1, 0.15) is 82.3 Å². The number of rotatable bonds is 2. The van der Waals surface area contributed by atoms with Gasteiger partial charge in [-0.2, -0.15) is 9.78 Å². The second kappa shape index (κ2) is 6.44. The molecule has 0 aliphatic heterocycles. The summed E-state index contributed by atoms with van der Waals surface area (Å²) in [5.74, 6) is 1.46. The Morgan fingerprint density at radius 3 is 2.36 bits per heavy atom. The highest BCUT2D eigenvalue weighted by atomic mass is 16.2. The molecule has 1 heterocycles. The van der Waals surface area contributed by atoms with Crippen LogP contribution < -0.4 is 0 Å². The fourth-order valence-corrected chi connectivity index (χ4v) is 3.90. The predicted octanol–water partition coefficient (Wildman–Crippen LogP) is 5.87. The van der Waals surface area contributed by atoms with Crippen LogP contribution in [0.25, 0.3) is 11.3 Å². The van der Waals surface area contributed by atoms with Crippen LogP contribution in [0.5, 0.6) is 0 Å². The van der Waals surface area contributed by atoms with Gasteiger partial charge < -0.3 is 0 Å². The van der Waals surface area contributed by atoms with Crippen molar-refractivity contribution in [1.82, 2.24) is 9.78 Å². The molecule has 1 aliphatic carbocycles. The van der Waals surface area contributed by atoms with Crippen LogP contribution in [0, 0.1) is 11.3 Å². The molecule has 2 aromatic rings. The minimum atomic E-state index is -0.464. The lowest BCUT2D eigenvalue weighted by molar-refractivity contribution is 0.0750. The lowest BCUT2D eigenvalue weighted by Crippen LogP contribution is -2.28. The molecule has 0 spiro atoms. The van der Waals surface area contributed by atoms with Crippen molar-refractivity contribution < 1.29 is 4.79 Å². The zero-order valence-corrected chi connectivity index (χ0v) is 16.3. The molecular weight excluding hydrogens is 308 g/mol. The number of fused-ring (bicyclic) bond motifs is 1. The third kappa shape index (κ3) is 3.17. The molecule has 3 nitrogen and oxygen atoms in total. The van der Waals surface area contributed by atoms with E-state index in [0.29, 0.717) is 17.8 Å². The molecule has 0 N–H and O–H groups in total. The zero-order chi connectivity index (χ0) is 18.4. The molecule has 1 aliphatic rings. The van der Waals surface area contributed by atoms with Crippen molar-refractivity contribution in [3.05, 3.63) is 41.6 Å². The summed E-state index contributed by atoms with van der Waals surface area (Å²) in [6, 6.07) is 10.3. The summed E-state index contributed by atoms with van der Waals surface area (Å²) in [4.78, 5) is 13.2. The maximum atomic E-state index is 13.2. The van der Waals surface area contributed by atoms with Crippen molar-refractivity contribution in [2.45, 2.75) is 66.2 Å². The number of carbonyl (C=O) groups is 1. The van der Waals surface area contributed by atoms with Gasteiger partial charge in [0.2, 0.25) is 0 Å². The summed E-state index contributed by atoms with van der Waals surface area (Å²) in [6.07, 6.45) is 2.31. The van der Waals surface area contributed by atoms with Crippen molar-refractivity contribution in [3.8, 4) is 11.3 Å². The number of carbonyl (C=O) groups excluding carboxylic acids is 1. The number of nitrogens with zero attached hydrogens (tertiary/aromatic N) is 2. The van der Waals surface area contributed by atoms with E-state index in [1.165, 1.54) is 5.56 Å². The first-order valence-corrected chi connectivity index (χ1v) is 9.44. The van der Waals surface area contributed by atoms with E-state index < -0.39 is 5.41 Å². The maximum absolute atomic E-state index is 13.2. The molecule has 25 heavy (non-hydrogen) atoms. The van der Waals surface area contributed by atoms with E-state index in [1.807, 2.05) is 39.0 Å².